The Bertz CT molecular complexity index is 603. The highest BCUT2D eigenvalue weighted by atomic mass is 35.5. The van der Waals surface area contributed by atoms with Gasteiger partial charge in [0.25, 0.3) is 0 Å². The number of aliphatic hydroxyl groups is 1. The van der Waals surface area contributed by atoms with Crippen molar-refractivity contribution in [2.24, 2.45) is 0 Å². The van der Waals surface area contributed by atoms with Gasteiger partial charge >= 0.3 is 0 Å². The van der Waals surface area contributed by atoms with Crippen molar-refractivity contribution >= 4 is 23.2 Å². The Balaban J connectivity index is 2.36. The first kappa shape index (κ1) is 15.2. The van der Waals surface area contributed by atoms with Gasteiger partial charge in [0.2, 0.25) is 0 Å². The lowest BCUT2D eigenvalue weighted by atomic mass is 9.88. The highest BCUT2D eigenvalue weighted by Gasteiger charge is 2.30. The fraction of sp³-hybridized carbons (Fsp3) is 0.267. The largest absolute Gasteiger partial charge is 0.383 e. The minimum Gasteiger partial charge on any atom is -0.383 e. The molecule has 2 aromatic rings. The molecule has 0 spiro atoms. The topological polar surface area (TPSA) is 33.1 Å². The zero-order chi connectivity index (χ0) is 14.8. The Kier molecular flexibility index (Phi) is 4.63. The molecule has 0 saturated heterocycles. The van der Waals surface area contributed by atoms with Crippen molar-refractivity contribution in [3.63, 3.8) is 0 Å². The van der Waals surface area contributed by atoms with E-state index in [4.69, 9.17) is 23.2 Å². The van der Waals surface area contributed by atoms with Crippen molar-refractivity contribution in [1.82, 2.24) is 4.98 Å². The van der Waals surface area contributed by atoms with Gasteiger partial charge in [-0.3, -0.25) is 4.98 Å². The standard InChI is InChI=1S/C15H14Cl2FNO/c1-2-15(20,13-7-6-11(18)9-19-13)8-10-4-3-5-12(16)14(10)17/h3-7,9,20H,2,8H2,1H3. The van der Waals surface area contributed by atoms with E-state index in [1.54, 1.807) is 18.2 Å². The Labute approximate surface area is 127 Å². The van der Waals surface area contributed by atoms with Gasteiger partial charge in [-0.05, 0) is 30.2 Å². The van der Waals surface area contributed by atoms with E-state index in [1.165, 1.54) is 12.1 Å². The van der Waals surface area contributed by atoms with Crippen molar-refractivity contribution in [2.45, 2.75) is 25.4 Å². The molecule has 1 N–H and O–H groups in total. The molecule has 1 atom stereocenters. The molecule has 0 aliphatic heterocycles. The zero-order valence-electron chi connectivity index (χ0n) is 10.9. The maximum absolute atomic E-state index is 12.9. The van der Waals surface area contributed by atoms with Gasteiger partial charge in [0.15, 0.2) is 0 Å². The van der Waals surface area contributed by atoms with Crippen molar-refractivity contribution in [1.29, 1.82) is 0 Å². The van der Waals surface area contributed by atoms with E-state index >= 15 is 0 Å². The summed E-state index contributed by atoms with van der Waals surface area (Å²) in [5.41, 5.74) is -0.0609. The van der Waals surface area contributed by atoms with E-state index < -0.39 is 11.4 Å². The molecule has 1 aromatic carbocycles. The summed E-state index contributed by atoms with van der Waals surface area (Å²) in [6, 6.07) is 8.03. The van der Waals surface area contributed by atoms with Crippen molar-refractivity contribution in [3.8, 4) is 0 Å². The summed E-state index contributed by atoms with van der Waals surface area (Å²) in [5, 5.41) is 11.6. The molecule has 106 valence electrons. The molecule has 1 aromatic heterocycles. The summed E-state index contributed by atoms with van der Waals surface area (Å²) in [6.07, 6.45) is 1.78. The second-order valence-corrected chi connectivity index (χ2v) is 5.42. The van der Waals surface area contributed by atoms with Crippen LogP contribution in [0, 0.1) is 5.82 Å². The van der Waals surface area contributed by atoms with Crippen molar-refractivity contribution < 1.29 is 9.50 Å². The predicted octanol–water partition coefficient (Wildman–Crippen LogP) is 4.37. The first-order valence-corrected chi connectivity index (χ1v) is 6.99. The molecular formula is C15H14Cl2FNO. The molecule has 0 amide bonds. The average Bonchev–Trinajstić information content (AvgIpc) is 2.44. The number of benzene rings is 1. The van der Waals surface area contributed by atoms with Crippen LogP contribution in [0.5, 0.6) is 0 Å². The number of halogens is 3. The monoisotopic (exact) mass is 313 g/mol. The molecule has 0 aliphatic carbocycles. The lowest BCUT2D eigenvalue weighted by molar-refractivity contribution is 0.0282. The van der Waals surface area contributed by atoms with Gasteiger partial charge in [-0.25, -0.2) is 4.39 Å². The number of pyridine rings is 1. The maximum atomic E-state index is 12.9. The molecule has 0 bridgehead atoms. The molecule has 20 heavy (non-hydrogen) atoms. The summed E-state index contributed by atoms with van der Waals surface area (Å²) in [4.78, 5) is 3.97. The van der Waals surface area contributed by atoms with Gasteiger partial charge in [0.05, 0.1) is 21.9 Å². The van der Waals surface area contributed by atoms with E-state index in [9.17, 15) is 9.50 Å². The summed E-state index contributed by atoms with van der Waals surface area (Å²) >= 11 is 12.1. The first-order chi connectivity index (χ1) is 9.46. The Morgan fingerprint density at radius 1 is 1.25 bits per heavy atom. The van der Waals surface area contributed by atoms with Crippen LogP contribution in [0.15, 0.2) is 36.5 Å². The van der Waals surface area contributed by atoms with Crippen molar-refractivity contribution in [2.75, 3.05) is 0 Å². The lowest BCUT2D eigenvalue weighted by Gasteiger charge is -2.27. The third-order valence-electron chi connectivity index (χ3n) is 3.30. The summed E-state index contributed by atoms with van der Waals surface area (Å²) in [7, 11) is 0. The number of aromatic nitrogens is 1. The van der Waals surface area contributed by atoms with Gasteiger partial charge in [-0.15, -0.1) is 0 Å². The fourth-order valence-corrected chi connectivity index (χ4v) is 2.43. The molecular weight excluding hydrogens is 300 g/mol. The SMILES string of the molecule is CCC(O)(Cc1cccc(Cl)c1Cl)c1ccc(F)cn1. The zero-order valence-corrected chi connectivity index (χ0v) is 12.4. The van der Waals surface area contributed by atoms with E-state index in [0.717, 1.165) is 11.8 Å². The second-order valence-electron chi connectivity index (χ2n) is 4.64. The van der Waals surface area contributed by atoms with Crippen LogP contribution in [-0.2, 0) is 12.0 Å². The average molecular weight is 314 g/mol. The highest BCUT2D eigenvalue weighted by Crippen LogP contribution is 2.33. The van der Waals surface area contributed by atoms with Gasteiger partial charge in [-0.1, -0.05) is 42.3 Å². The van der Waals surface area contributed by atoms with E-state index in [1.807, 2.05) is 6.92 Å². The first-order valence-electron chi connectivity index (χ1n) is 6.23. The van der Waals surface area contributed by atoms with Crippen molar-refractivity contribution in [3.05, 3.63) is 63.6 Å². The quantitative estimate of drug-likeness (QED) is 0.909. The van der Waals surface area contributed by atoms with Crippen LogP contribution in [0.2, 0.25) is 10.0 Å². The molecule has 0 fully saturated rings. The fourth-order valence-electron chi connectivity index (χ4n) is 2.05. The maximum Gasteiger partial charge on any atom is 0.141 e. The molecule has 0 aliphatic rings. The highest BCUT2D eigenvalue weighted by molar-refractivity contribution is 6.42. The van der Waals surface area contributed by atoms with E-state index in [2.05, 4.69) is 4.98 Å². The third-order valence-corrected chi connectivity index (χ3v) is 4.16. The molecule has 5 heteroatoms. The summed E-state index contributed by atoms with van der Waals surface area (Å²) < 4.78 is 12.9. The number of nitrogens with zero attached hydrogens (tertiary/aromatic N) is 1. The molecule has 0 radical (unpaired) electrons. The third kappa shape index (κ3) is 3.11. The van der Waals surface area contributed by atoms with Gasteiger partial charge in [0.1, 0.15) is 11.4 Å². The summed E-state index contributed by atoms with van der Waals surface area (Å²) in [6.45, 7) is 1.84. The van der Waals surface area contributed by atoms with Crippen LogP contribution in [-0.4, -0.2) is 10.1 Å². The lowest BCUT2D eigenvalue weighted by Crippen LogP contribution is -2.29. The molecule has 1 unspecified atom stereocenters. The van der Waals surface area contributed by atoms with Crippen LogP contribution in [0.4, 0.5) is 4.39 Å². The molecule has 2 nitrogen and oxygen atoms in total. The van der Waals surface area contributed by atoms with Gasteiger partial charge < -0.3 is 5.11 Å². The normalized spacial score (nSPS) is 14.1. The molecule has 2 rings (SSSR count). The number of rotatable bonds is 4. The molecule has 0 saturated carbocycles. The van der Waals surface area contributed by atoms with E-state index in [-0.39, 0.29) is 6.42 Å². The molecule has 1 heterocycles. The smallest absolute Gasteiger partial charge is 0.141 e. The van der Waals surface area contributed by atoms with Crippen LogP contribution in [0.25, 0.3) is 0 Å². The van der Waals surface area contributed by atoms with Crippen LogP contribution in [0.3, 0.4) is 0 Å². The number of hydrogen-bond acceptors (Lipinski definition) is 2. The van der Waals surface area contributed by atoms with Gasteiger partial charge in [0, 0.05) is 6.42 Å². The predicted molar refractivity (Wildman–Crippen MR) is 78.5 cm³/mol. The Hall–Kier alpha value is -1.16. The van der Waals surface area contributed by atoms with Crippen LogP contribution < -0.4 is 0 Å². The number of hydrogen-bond donors (Lipinski definition) is 1. The van der Waals surface area contributed by atoms with Gasteiger partial charge in [-0.2, -0.15) is 0 Å². The Morgan fingerprint density at radius 2 is 2.00 bits per heavy atom. The Morgan fingerprint density at radius 3 is 2.60 bits per heavy atom. The minimum atomic E-state index is -1.21. The summed E-state index contributed by atoms with van der Waals surface area (Å²) in [5.74, 6) is -0.437. The van der Waals surface area contributed by atoms with Crippen LogP contribution >= 0.6 is 23.2 Å². The van der Waals surface area contributed by atoms with E-state index in [0.29, 0.717) is 22.2 Å². The minimum absolute atomic E-state index is 0.265. The van der Waals surface area contributed by atoms with Crippen LogP contribution in [0.1, 0.15) is 24.6 Å². The second kappa shape index (κ2) is 6.08.